The zero-order chi connectivity index (χ0) is 22.2. The molecule has 31 heavy (non-hydrogen) atoms. The number of carbonyl (C=O) groups is 1. The Balaban J connectivity index is 1.61. The molecule has 164 valence electrons. The molecule has 1 amide bonds. The number of sulfonamides is 1. The van der Waals surface area contributed by atoms with Crippen LogP contribution in [0.5, 0.6) is 0 Å². The molecule has 0 spiro atoms. The Hall–Kier alpha value is -2.07. The van der Waals surface area contributed by atoms with E-state index >= 15 is 0 Å². The lowest BCUT2D eigenvalue weighted by atomic mass is 9.99. The molecule has 1 aromatic heterocycles. The van der Waals surface area contributed by atoms with Crippen molar-refractivity contribution in [1.29, 1.82) is 0 Å². The zero-order valence-electron chi connectivity index (χ0n) is 16.8. The largest absolute Gasteiger partial charge is 0.317 e. The van der Waals surface area contributed by atoms with Crippen molar-refractivity contribution >= 4 is 49.1 Å². The molecule has 0 radical (unpaired) electrons. The summed E-state index contributed by atoms with van der Waals surface area (Å²) in [5.74, 6) is -1.36. The predicted molar refractivity (Wildman–Crippen MR) is 119 cm³/mol. The molecular weight excluding hydrogens is 461 g/mol. The first-order chi connectivity index (χ1) is 14.8. The highest BCUT2D eigenvalue weighted by Crippen LogP contribution is 2.25. The Morgan fingerprint density at radius 3 is 2.71 bits per heavy atom. The minimum absolute atomic E-state index is 0.0177. The van der Waals surface area contributed by atoms with Crippen molar-refractivity contribution in [2.45, 2.75) is 31.2 Å². The number of hydrogen-bond donors (Lipinski definition) is 0. The fourth-order valence-corrected chi connectivity index (χ4v) is 6.64. The van der Waals surface area contributed by atoms with Gasteiger partial charge in [-0.2, -0.15) is 9.30 Å². The first-order valence-corrected chi connectivity index (χ1v) is 12.6. The molecular formula is C21H21ClFN3O3S2. The van der Waals surface area contributed by atoms with Gasteiger partial charge in [0.25, 0.3) is 5.91 Å². The van der Waals surface area contributed by atoms with Gasteiger partial charge in [0.15, 0.2) is 4.80 Å². The van der Waals surface area contributed by atoms with Crippen molar-refractivity contribution in [1.82, 2.24) is 8.87 Å². The van der Waals surface area contributed by atoms with Gasteiger partial charge in [0.2, 0.25) is 10.0 Å². The van der Waals surface area contributed by atoms with Gasteiger partial charge in [-0.25, -0.2) is 12.8 Å². The van der Waals surface area contributed by atoms with E-state index in [1.807, 2.05) is 23.6 Å². The summed E-state index contributed by atoms with van der Waals surface area (Å²) in [5.41, 5.74) is 0.951. The van der Waals surface area contributed by atoms with Gasteiger partial charge in [0, 0.05) is 24.7 Å². The maximum atomic E-state index is 13.2. The van der Waals surface area contributed by atoms with Crippen LogP contribution in [0.25, 0.3) is 10.2 Å². The van der Waals surface area contributed by atoms with Crippen LogP contribution in [0.1, 0.15) is 19.8 Å². The van der Waals surface area contributed by atoms with Gasteiger partial charge in [-0.3, -0.25) is 4.79 Å². The minimum atomic E-state index is -3.80. The molecule has 0 bridgehead atoms. The average Bonchev–Trinajstić information content (AvgIpc) is 3.10. The van der Waals surface area contributed by atoms with Crippen LogP contribution in [0.4, 0.5) is 4.39 Å². The topological polar surface area (TPSA) is 71.7 Å². The maximum Gasteiger partial charge on any atom is 0.252 e. The van der Waals surface area contributed by atoms with Crippen LogP contribution in [-0.4, -0.2) is 36.3 Å². The highest BCUT2D eigenvalue weighted by atomic mass is 35.5. The third-order valence-corrected chi connectivity index (χ3v) is 8.51. The van der Waals surface area contributed by atoms with Crippen LogP contribution in [0.2, 0.25) is 5.02 Å². The molecule has 0 aliphatic carbocycles. The third-order valence-electron chi connectivity index (χ3n) is 5.35. The summed E-state index contributed by atoms with van der Waals surface area (Å²) >= 11 is 7.47. The molecule has 2 aromatic carbocycles. The fraction of sp³-hybridized carbons (Fsp3) is 0.333. The van der Waals surface area contributed by atoms with Gasteiger partial charge in [-0.05, 0) is 62.2 Å². The average molecular weight is 482 g/mol. The maximum absolute atomic E-state index is 13.2. The molecule has 0 saturated carbocycles. The molecule has 2 heterocycles. The van der Waals surface area contributed by atoms with E-state index in [2.05, 4.69) is 4.99 Å². The van der Waals surface area contributed by atoms with Crippen molar-refractivity contribution in [3.05, 3.63) is 58.1 Å². The van der Waals surface area contributed by atoms with E-state index < -0.39 is 21.8 Å². The Labute approximate surface area is 188 Å². The molecule has 1 saturated heterocycles. The first kappa shape index (κ1) is 22.1. The molecule has 3 aromatic rings. The molecule has 1 aliphatic heterocycles. The number of halogens is 2. The summed E-state index contributed by atoms with van der Waals surface area (Å²) < 4.78 is 43.2. The number of nitrogens with zero attached hydrogens (tertiary/aromatic N) is 3. The third kappa shape index (κ3) is 4.45. The fourth-order valence-electron chi connectivity index (χ4n) is 3.74. The highest BCUT2D eigenvalue weighted by molar-refractivity contribution is 7.89. The van der Waals surface area contributed by atoms with E-state index in [9.17, 15) is 17.6 Å². The molecule has 1 aliphatic rings. The number of benzene rings is 2. The van der Waals surface area contributed by atoms with Crippen molar-refractivity contribution in [2.75, 3.05) is 13.1 Å². The number of fused-ring (bicyclic) bond motifs is 1. The summed E-state index contributed by atoms with van der Waals surface area (Å²) in [7, 11) is -3.80. The van der Waals surface area contributed by atoms with Gasteiger partial charge < -0.3 is 4.57 Å². The number of thiazole rings is 1. The normalized spacial score (nSPS) is 18.5. The van der Waals surface area contributed by atoms with Gasteiger partial charge >= 0.3 is 0 Å². The molecule has 1 fully saturated rings. The van der Waals surface area contributed by atoms with Crippen molar-refractivity contribution < 1.29 is 17.6 Å². The van der Waals surface area contributed by atoms with Gasteiger partial charge in [-0.1, -0.05) is 22.9 Å². The number of carbonyl (C=O) groups excluding carboxylic acids is 1. The monoisotopic (exact) mass is 481 g/mol. The second-order valence-electron chi connectivity index (χ2n) is 7.35. The minimum Gasteiger partial charge on any atom is -0.317 e. The highest BCUT2D eigenvalue weighted by Gasteiger charge is 2.33. The number of aromatic nitrogens is 1. The summed E-state index contributed by atoms with van der Waals surface area (Å²) in [4.78, 5) is 17.9. The van der Waals surface area contributed by atoms with Crippen LogP contribution >= 0.6 is 22.9 Å². The second kappa shape index (κ2) is 8.82. The molecule has 1 unspecified atom stereocenters. The van der Waals surface area contributed by atoms with Gasteiger partial charge in [0.1, 0.15) is 5.82 Å². The van der Waals surface area contributed by atoms with Crippen LogP contribution in [0.15, 0.2) is 52.4 Å². The van der Waals surface area contributed by atoms with Crippen LogP contribution in [-0.2, 0) is 21.4 Å². The van der Waals surface area contributed by atoms with E-state index in [-0.39, 0.29) is 17.3 Å². The molecule has 10 heteroatoms. The lowest BCUT2D eigenvalue weighted by Gasteiger charge is -2.30. The Morgan fingerprint density at radius 2 is 2.00 bits per heavy atom. The standard InChI is InChI=1S/C21H21ClFN3O3S2/c1-2-26-18-10-5-15(22)12-19(18)30-21(26)24-20(27)14-4-3-11-25(13-14)31(28,29)17-8-6-16(23)7-9-17/h5-10,12,14H,2-4,11,13H2,1H3. The van der Waals surface area contributed by atoms with E-state index in [4.69, 9.17) is 11.6 Å². The molecule has 6 nitrogen and oxygen atoms in total. The lowest BCUT2D eigenvalue weighted by molar-refractivity contribution is -0.122. The van der Waals surface area contributed by atoms with Crippen LogP contribution in [0.3, 0.4) is 0 Å². The van der Waals surface area contributed by atoms with Gasteiger partial charge in [-0.15, -0.1) is 0 Å². The van der Waals surface area contributed by atoms with E-state index in [1.54, 1.807) is 6.07 Å². The van der Waals surface area contributed by atoms with E-state index in [0.29, 0.717) is 35.8 Å². The summed E-state index contributed by atoms with van der Waals surface area (Å²) in [6.45, 7) is 3.00. The van der Waals surface area contributed by atoms with Crippen LogP contribution in [0, 0.1) is 11.7 Å². The molecule has 1 atom stereocenters. The number of aryl methyl sites for hydroxylation is 1. The van der Waals surface area contributed by atoms with Crippen molar-refractivity contribution in [3.63, 3.8) is 0 Å². The van der Waals surface area contributed by atoms with Crippen LogP contribution < -0.4 is 4.80 Å². The number of piperidine rings is 1. The SMILES string of the molecule is CCn1c(=NC(=O)C2CCCN(S(=O)(=O)c3ccc(F)cc3)C2)sc2cc(Cl)ccc21. The van der Waals surface area contributed by atoms with Crippen molar-refractivity contribution in [3.8, 4) is 0 Å². The Bertz CT molecular complexity index is 1300. The predicted octanol–water partition coefficient (Wildman–Crippen LogP) is 4.04. The zero-order valence-corrected chi connectivity index (χ0v) is 19.2. The second-order valence-corrected chi connectivity index (χ2v) is 10.7. The number of amides is 1. The smallest absolute Gasteiger partial charge is 0.252 e. The summed E-state index contributed by atoms with van der Waals surface area (Å²) in [5, 5.41) is 0.615. The quantitative estimate of drug-likeness (QED) is 0.564. The summed E-state index contributed by atoms with van der Waals surface area (Å²) in [6.07, 6.45) is 1.13. The van der Waals surface area contributed by atoms with E-state index in [1.165, 1.54) is 27.8 Å². The molecule has 0 N–H and O–H groups in total. The van der Waals surface area contributed by atoms with E-state index in [0.717, 1.165) is 22.3 Å². The molecule has 4 rings (SSSR count). The van der Waals surface area contributed by atoms with Gasteiger partial charge in [0.05, 0.1) is 21.0 Å². The number of hydrogen-bond acceptors (Lipinski definition) is 4. The summed E-state index contributed by atoms with van der Waals surface area (Å²) in [6, 6.07) is 10.3. The number of rotatable bonds is 4. The lowest BCUT2D eigenvalue weighted by Crippen LogP contribution is -2.42. The Morgan fingerprint density at radius 1 is 1.26 bits per heavy atom. The Kier molecular flexibility index (Phi) is 6.30. The van der Waals surface area contributed by atoms with Crippen molar-refractivity contribution in [2.24, 2.45) is 10.9 Å². The first-order valence-electron chi connectivity index (χ1n) is 9.93.